The molecule has 0 aliphatic rings. The van der Waals surface area contributed by atoms with Gasteiger partial charge in [0.25, 0.3) is 0 Å². The molecule has 0 spiro atoms. The summed E-state index contributed by atoms with van der Waals surface area (Å²) in [5.74, 6) is -0.300. The van der Waals surface area contributed by atoms with E-state index in [0.29, 0.717) is 26.8 Å². The van der Waals surface area contributed by atoms with Crippen LogP contribution in [0.3, 0.4) is 0 Å². The van der Waals surface area contributed by atoms with E-state index < -0.39 is 0 Å². The summed E-state index contributed by atoms with van der Waals surface area (Å²) in [5, 5.41) is 7.93. The fourth-order valence-electron chi connectivity index (χ4n) is 1.86. The number of hydrogen-bond donors (Lipinski definition) is 1. The molecule has 0 saturated carbocycles. The second-order valence-corrected chi connectivity index (χ2v) is 4.71. The van der Waals surface area contributed by atoms with Crippen LogP contribution >= 0.6 is 23.2 Å². The van der Waals surface area contributed by atoms with E-state index in [1.165, 1.54) is 0 Å². The van der Waals surface area contributed by atoms with Gasteiger partial charge in [-0.3, -0.25) is 9.89 Å². The molecule has 1 aromatic carbocycles. The Balaban J connectivity index is 2.20. The van der Waals surface area contributed by atoms with Gasteiger partial charge in [-0.2, -0.15) is 5.10 Å². The van der Waals surface area contributed by atoms with Gasteiger partial charge in [0.05, 0.1) is 21.0 Å². The SMILES string of the molecule is O=C(c1c(Cl)cccc1Cl)c1[nH]nc2ncccc12. The van der Waals surface area contributed by atoms with Gasteiger partial charge in [0.2, 0.25) is 5.78 Å². The van der Waals surface area contributed by atoms with Crippen molar-refractivity contribution in [1.82, 2.24) is 15.2 Å². The van der Waals surface area contributed by atoms with Crippen molar-refractivity contribution in [2.24, 2.45) is 0 Å². The van der Waals surface area contributed by atoms with Crippen molar-refractivity contribution in [3.8, 4) is 0 Å². The Morgan fingerprint density at radius 2 is 1.84 bits per heavy atom. The fraction of sp³-hybridized carbons (Fsp3) is 0. The van der Waals surface area contributed by atoms with Gasteiger partial charge >= 0.3 is 0 Å². The first-order chi connectivity index (χ1) is 9.18. The van der Waals surface area contributed by atoms with Crippen molar-refractivity contribution in [3.05, 3.63) is 57.8 Å². The number of carbonyl (C=O) groups excluding carboxylic acids is 1. The molecule has 3 aromatic rings. The maximum absolute atomic E-state index is 12.5. The van der Waals surface area contributed by atoms with Crippen LogP contribution < -0.4 is 0 Å². The number of nitrogens with zero attached hydrogens (tertiary/aromatic N) is 2. The van der Waals surface area contributed by atoms with Crippen molar-refractivity contribution >= 4 is 40.0 Å². The summed E-state index contributed by atoms with van der Waals surface area (Å²) in [6.45, 7) is 0. The summed E-state index contributed by atoms with van der Waals surface area (Å²) < 4.78 is 0. The highest BCUT2D eigenvalue weighted by atomic mass is 35.5. The molecule has 4 nitrogen and oxygen atoms in total. The van der Waals surface area contributed by atoms with Gasteiger partial charge in [0.1, 0.15) is 5.69 Å². The predicted octanol–water partition coefficient (Wildman–Crippen LogP) is 3.50. The Labute approximate surface area is 118 Å². The molecule has 1 N–H and O–H groups in total. The zero-order valence-corrected chi connectivity index (χ0v) is 11.0. The third kappa shape index (κ3) is 1.99. The monoisotopic (exact) mass is 291 g/mol. The second-order valence-electron chi connectivity index (χ2n) is 3.90. The number of pyridine rings is 1. The summed E-state index contributed by atoms with van der Waals surface area (Å²) in [4.78, 5) is 16.6. The quantitative estimate of drug-likeness (QED) is 0.735. The van der Waals surface area contributed by atoms with Crippen molar-refractivity contribution < 1.29 is 4.79 Å². The number of rotatable bonds is 2. The van der Waals surface area contributed by atoms with Gasteiger partial charge in [-0.25, -0.2) is 4.98 Å². The lowest BCUT2D eigenvalue weighted by Gasteiger charge is -2.04. The van der Waals surface area contributed by atoms with Crippen LogP contribution in [0.1, 0.15) is 16.1 Å². The minimum absolute atomic E-state index is 0.264. The average molecular weight is 292 g/mol. The molecule has 6 heteroatoms. The highest BCUT2D eigenvalue weighted by molar-refractivity contribution is 6.41. The van der Waals surface area contributed by atoms with Crippen molar-refractivity contribution in [3.63, 3.8) is 0 Å². The maximum atomic E-state index is 12.5. The number of aromatic nitrogens is 3. The number of carbonyl (C=O) groups is 1. The van der Waals surface area contributed by atoms with Crippen LogP contribution in [0.5, 0.6) is 0 Å². The molecule has 0 atom stereocenters. The summed E-state index contributed by atoms with van der Waals surface area (Å²) in [6, 6.07) is 8.44. The van der Waals surface area contributed by atoms with Crippen LogP contribution in [-0.4, -0.2) is 21.0 Å². The van der Waals surface area contributed by atoms with E-state index >= 15 is 0 Å². The normalized spacial score (nSPS) is 10.8. The van der Waals surface area contributed by atoms with E-state index in [2.05, 4.69) is 15.2 Å². The van der Waals surface area contributed by atoms with Crippen LogP contribution in [0.4, 0.5) is 0 Å². The molecule has 94 valence electrons. The van der Waals surface area contributed by atoms with Gasteiger partial charge in [0.15, 0.2) is 5.65 Å². The van der Waals surface area contributed by atoms with E-state index in [9.17, 15) is 4.79 Å². The number of ketones is 1. The fourth-order valence-corrected chi connectivity index (χ4v) is 2.43. The number of H-pyrrole nitrogens is 1. The van der Waals surface area contributed by atoms with Gasteiger partial charge < -0.3 is 0 Å². The summed E-state index contributed by atoms with van der Waals surface area (Å²) in [6.07, 6.45) is 1.61. The number of hydrogen-bond acceptors (Lipinski definition) is 3. The van der Waals surface area contributed by atoms with Crippen LogP contribution in [0, 0.1) is 0 Å². The molecule has 3 rings (SSSR count). The van der Waals surface area contributed by atoms with E-state index in [0.717, 1.165) is 0 Å². The molecule has 19 heavy (non-hydrogen) atoms. The summed E-state index contributed by atoms with van der Waals surface area (Å²) >= 11 is 12.1. The van der Waals surface area contributed by atoms with Gasteiger partial charge in [0, 0.05) is 6.20 Å². The largest absolute Gasteiger partial charge is 0.287 e. The first-order valence-corrected chi connectivity index (χ1v) is 6.22. The zero-order chi connectivity index (χ0) is 13.4. The van der Waals surface area contributed by atoms with Crippen LogP contribution in [0.2, 0.25) is 10.0 Å². The number of fused-ring (bicyclic) bond motifs is 1. The minimum atomic E-state index is -0.300. The standard InChI is InChI=1S/C13H7Cl2N3O/c14-8-4-1-5-9(15)10(8)12(19)11-7-3-2-6-16-13(7)18-17-11/h1-6H,(H,16,17,18). The number of halogens is 2. The molecule has 0 bridgehead atoms. The van der Waals surface area contributed by atoms with Crippen molar-refractivity contribution in [1.29, 1.82) is 0 Å². The lowest BCUT2D eigenvalue weighted by atomic mass is 10.1. The molecule has 2 heterocycles. The molecule has 0 saturated heterocycles. The summed E-state index contributed by atoms with van der Waals surface area (Å²) in [5.41, 5.74) is 1.08. The molecule has 0 fully saturated rings. The molecule has 2 aromatic heterocycles. The molecule has 0 radical (unpaired) electrons. The minimum Gasteiger partial charge on any atom is -0.287 e. The number of aromatic amines is 1. The Kier molecular flexibility index (Phi) is 2.97. The maximum Gasteiger partial charge on any atom is 0.214 e. The van der Waals surface area contributed by atoms with Crippen LogP contribution in [0.25, 0.3) is 11.0 Å². The smallest absolute Gasteiger partial charge is 0.214 e. The first-order valence-electron chi connectivity index (χ1n) is 5.46. The topological polar surface area (TPSA) is 58.6 Å². The second kappa shape index (κ2) is 4.64. The average Bonchev–Trinajstić information content (AvgIpc) is 2.82. The van der Waals surface area contributed by atoms with E-state index in [1.807, 2.05) is 0 Å². The zero-order valence-electron chi connectivity index (χ0n) is 9.52. The molecular weight excluding hydrogens is 285 g/mol. The van der Waals surface area contributed by atoms with E-state index in [1.54, 1.807) is 36.5 Å². The molecule has 0 aliphatic carbocycles. The van der Waals surface area contributed by atoms with Crippen molar-refractivity contribution in [2.45, 2.75) is 0 Å². The number of benzene rings is 1. The lowest BCUT2D eigenvalue weighted by molar-refractivity contribution is 0.103. The van der Waals surface area contributed by atoms with Gasteiger partial charge in [-0.15, -0.1) is 0 Å². The highest BCUT2D eigenvalue weighted by Crippen LogP contribution is 2.28. The van der Waals surface area contributed by atoms with Gasteiger partial charge in [-0.05, 0) is 24.3 Å². The highest BCUT2D eigenvalue weighted by Gasteiger charge is 2.20. The van der Waals surface area contributed by atoms with Crippen LogP contribution in [-0.2, 0) is 0 Å². The summed E-state index contributed by atoms with van der Waals surface area (Å²) in [7, 11) is 0. The molecular formula is C13H7Cl2N3O. The van der Waals surface area contributed by atoms with E-state index in [-0.39, 0.29) is 11.3 Å². The molecule has 0 amide bonds. The Hall–Kier alpha value is -1.91. The number of nitrogens with one attached hydrogen (secondary N) is 1. The van der Waals surface area contributed by atoms with Crippen LogP contribution in [0.15, 0.2) is 36.5 Å². The lowest BCUT2D eigenvalue weighted by Crippen LogP contribution is -2.04. The van der Waals surface area contributed by atoms with Gasteiger partial charge in [-0.1, -0.05) is 29.3 Å². The third-order valence-electron chi connectivity index (χ3n) is 2.75. The Morgan fingerprint density at radius 1 is 1.11 bits per heavy atom. The third-order valence-corrected chi connectivity index (χ3v) is 3.38. The Morgan fingerprint density at radius 3 is 2.58 bits per heavy atom. The van der Waals surface area contributed by atoms with Crippen molar-refractivity contribution in [2.75, 3.05) is 0 Å². The first kappa shape index (κ1) is 12.1. The molecule has 0 unspecified atom stereocenters. The van der Waals surface area contributed by atoms with E-state index in [4.69, 9.17) is 23.2 Å². The molecule has 0 aliphatic heterocycles. The Bertz CT molecular complexity index is 762. The predicted molar refractivity (Wildman–Crippen MR) is 73.8 cm³/mol.